The van der Waals surface area contributed by atoms with Crippen LogP contribution in [0.5, 0.6) is 11.5 Å². The van der Waals surface area contributed by atoms with Gasteiger partial charge in [-0.3, -0.25) is 14.6 Å². The van der Waals surface area contributed by atoms with Crippen LogP contribution in [0.15, 0.2) is 73.1 Å². The van der Waals surface area contributed by atoms with Gasteiger partial charge in [0.1, 0.15) is 18.1 Å². The molecule has 35 heavy (non-hydrogen) atoms. The molecule has 7 nitrogen and oxygen atoms in total. The number of esters is 1. The first-order valence-electron chi connectivity index (χ1n) is 10.8. The monoisotopic (exact) mass is 488 g/mol. The van der Waals surface area contributed by atoms with Crippen molar-refractivity contribution in [2.75, 3.05) is 19.5 Å². The third-order valence-corrected chi connectivity index (χ3v) is 6.33. The van der Waals surface area contributed by atoms with Gasteiger partial charge >= 0.3 is 5.97 Å². The first-order chi connectivity index (χ1) is 17.0. The minimum Gasteiger partial charge on any atom is -0.497 e. The first kappa shape index (κ1) is 24.0. The van der Waals surface area contributed by atoms with Crippen LogP contribution in [0, 0.1) is 0 Å². The van der Waals surface area contributed by atoms with Crippen molar-refractivity contribution in [2.24, 2.45) is 0 Å². The summed E-state index contributed by atoms with van der Waals surface area (Å²) in [6.45, 7) is 1.61. The molecule has 0 unspecified atom stereocenters. The minimum atomic E-state index is -0.323. The summed E-state index contributed by atoms with van der Waals surface area (Å²) in [6.07, 6.45) is 3.21. The quantitative estimate of drug-likeness (QED) is 0.315. The summed E-state index contributed by atoms with van der Waals surface area (Å²) >= 11 is 1.51. The van der Waals surface area contributed by atoms with Crippen molar-refractivity contribution in [3.8, 4) is 33.1 Å². The Kier molecular flexibility index (Phi) is 7.42. The molecule has 0 radical (unpaired) electrons. The SMILES string of the molecule is COc1ccc(-c2cncc(C(=O)Nc3ccccc3-c3ccc(COC(C)=O)s3)c2)c(OC)c1. The highest BCUT2D eigenvalue weighted by atomic mass is 32.1. The zero-order valence-electron chi connectivity index (χ0n) is 19.5. The molecule has 0 atom stereocenters. The second kappa shape index (κ2) is 10.8. The largest absolute Gasteiger partial charge is 0.497 e. The number of carbonyl (C=O) groups is 2. The summed E-state index contributed by atoms with van der Waals surface area (Å²) < 4.78 is 15.9. The fourth-order valence-electron chi connectivity index (χ4n) is 3.52. The fourth-order valence-corrected chi connectivity index (χ4v) is 4.48. The molecule has 0 saturated heterocycles. The molecular weight excluding hydrogens is 464 g/mol. The van der Waals surface area contributed by atoms with Crippen LogP contribution in [0.2, 0.25) is 0 Å². The Morgan fingerprint density at radius 3 is 2.54 bits per heavy atom. The normalized spacial score (nSPS) is 10.5. The van der Waals surface area contributed by atoms with Crippen molar-refractivity contribution in [3.63, 3.8) is 0 Å². The van der Waals surface area contributed by atoms with Gasteiger partial charge in [-0.2, -0.15) is 0 Å². The van der Waals surface area contributed by atoms with Crippen LogP contribution in [-0.4, -0.2) is 31.1 Å². The number of nitrogens with one attached hydrogen (secondary N) is 1. The van der Waals surface area contributed by atoms with Gasteiger partial charge in [0.15, 0.2) is 0 Å². The molecule has 1 amide bonds. The van der Waals surface area contributed by atoms with Gasteiger partial charge in [-0.05, 0) is 36.4 Å². The number of anilines is 1. The van der Waals surface area contributed by atoms with Gasteiger partial charge in [0, 0.05) is 57.5 Å². The zero-order valence-corrected chi connectivity index (χ0v) is 20.3. The van der Waals surface area contributed by atoms with Crippen LogP contribution in [-0.2, 0) is 16.1 Å². The summed E-state index contributed by atoms with van der Waals surface area (Å²) in [7, 11) is 3.18. The topological polar surface area (TPSA) is 86.8 Å². The predicted molar refractivity (Wildman–Crippen MR) is 136 cm³/mol. The highest BCUT2D eigenvalue weighted by Gasteiger charge is 2.15. The Balaban J connectivity index is 1.58. The fraction of sp³-hybridized carbons (Fsp3) is 0.148. The van der Waals surface area contributed by atoms with E-state index in [0.717, 1.165) is 26.4 Å². The number of pyridine rings is 1. The lowest BCUT2D eigenvalue weighted by Gasteiger charge is -2.12. The molecule has 0 aliphatic rings. The van der Waals surface area contributed by atoms with Crippen LogP contribution in [0.1, 0.15) is 22.2 Å². The van der Waals surface area contributed by atoms with E-state index in [-0.39, 0.29) is 18.5 Å². The van der Waals surface area contributed by atoms with E-state index in [4.69, 9.17) is 14.2 Å². The number of hydrogen-bond acceptors (Lipinski definition) is 7. The second-order valence-corrected chi connectivity index (χ2v) is 8.74. The van der Waals surface area contributed by atoms with Gasteiger partial charge in [-0.25, -0.2) is 0 Å². The average molecular weight is 489 g/mol. The minimum absolute atomic E-state index is 0.224. The lowest BCUT2D eigenvalue weighted by molar-refractivity contribution is -0.142. The molecule has 0 aliphatic heterocycles. The van der Waals surface area contributed by atoms with Gasteiger partial charge in [0.2, 0.25) is 0 Å². The van der Waals surface area contributed by atoms with Crippen LogP contribution in [0.4, 0.5) is 5.69 Å². The molecule has 0 fully saturated rings. The number of amides is 1. The van der Waals surface area contributed by atoms with E-state index in [1.165, 1.54) is 24.5 Å². The van der Waals surface area contributed by atoms with E-state index < -0.39 is 0 Å². The van der Waals surface area contributed by atoms with Crippen molar-refractivity contribution in [1.29, 1.82) is 0 Å². The standard InChI is InChI=1S/C27H24N2O5S/c1-17(30)34-16-21-9-11-26(35-21)23-6-4-5-7-24(23)29-27(31)19-12-18(14-28-15-19)22-10-8-20(32-2)13-25(22)33-3/h4-15H,16H2,1-3H3,(H,29,31). The molecule has 4 rings (SSSR count). The molecule has 178 valence electrons. The van der Waals surface area contributed by atoms with E-state index in [9.17, 15) is 9.59 Å². The summed E-state index contributed by atoms with van der Waals surface area (Å²) in [6, 6.07) is 18.7. The summed E-state index contributed by atoms with van der Waals surface area (Å²) in [4.78, 5) is 30.4. The van der Waals surface area contributed by atoms with Crippen molar-refractivity contribution >= 4 is 28.9 Å². The van der Waals surface area contributed by atoms with Gasteiger partial charge in [0.05, 0.1) is 19.8 Å². The maximum Gasteiger partial charge on any atom is 0.302 e. The third kappa shape index (κ3) is 5.67. The smallest absolute Gasteiger partial charge is 0.302 e. The molecular formula is C27H24N2O5S. The van der Waals surface area contributed by atoms with Crippen LogP contribution in [0.25, 0.3) is 21.6 Å². The number of thiophene rings is 1. The lowest BCUT2D eigenvalue weighted by Crippen LogP contribution is -2.13. The summed E-state index contributed by atoms with van der Waals surface area (Å²) in [5, 5.41) is 3.00. The number of hydrogen-bond donors (Lipinski definition) is 1. The molecule has 0 aliphatic carbocycles. The van der Waals surface area contributed by atoms with Crippen molar-refractivity contribution < 1.29 is 23.8 Å². The Bertz CT molecular complexity index is 1370. The Morgan fingerprint density at radius 1 is 0.943 bits per heavy atom. The second-order valence-electron chi connectivity index (χ2n) is 7.57. The molecule has 0 spiro atoms. The number of rotatable bonds is 8. The van der Waals surface area contributed by atoms with Crippen LogP contribution in [0.3, 0.4) is 0 Å². The number of carbonyl (C=O) groups excluding carboxylic acids is 2. The van der Waals surface area contributed by atoms with Crippen molar-refractivity contribution in [3.05, 3.63) is 83.5 Å². The Morgan fingerprint density at radius 2 is 1.77 bits per heavy atom. The number of nitrogens with zero attached hydrogens (tertiary/aromatic N) is 1. The number of ether oxygens (including phenoxy) is 3. The maximum atomic E-state index is 13.2. The molecule has 8 heteroatoms. The zero-order chi connectivity index (χ0) is 24.8. The summed E-state index contributed by atoms with van der Waals surface area (Å²) in [5.41, 5.74) is 3.51. The molecule has 0 bridgehead atoms. The van der Waals surface area contributed by atoms with Crippen molar-refractivity contribution in [1.82, 2.24) is 4.98 Å². The molecule has 2 heterocycles. The third-order valence-electron chi connectivity index (χ3n) is 5.24. The Hall–Kier alpha value is -4.17. The van der Waals surface area contributed by atoms with E-state index in [2.05, 4.69) is 10.3 Å². The number of benzene rings is 2. The number of methoxy groups -OCH3 is 2. The lowest BCUT2D eigenvalue weighted by atomic mass is 10.0. The van der Waals surface area contributed by atoms with Gasteiger partial charge in [0.25, 0.3) is 5.91 Å². The Labute approximate surface area is 207 Å². The van der Waals surface area contributed by atoms with Crippen molar-refractivity contribution in [2.45, 2.75) is 13.5 Å². The van der Waals surface area contributed by atoms with Gasteiger partial charge in [-0.15, -0.1) is 11.3 Å². The molecule has 2 aromatic carbocycles. The number of para-hydroxylation sites is 1. The molecule has 2 aromatic heterocycles. The van der Waals surface area contributed by atoms with E-state index in [1.807, 2.05) is 48.5 Å². The highest BCUT2D eigenvalue weighted by Crippen LogP contribution is 2.35. The molecule has 0 saturated carbocycles. The maximum absolute atomic E-state index is 13.2. The highest BCUT2D eigenvalue weighted by molar-refractivity contribution is 7.15. The summed E-state index contributed by atoms with van der Waals surface area (Å²) in [5.74, 6) is 0.691. The van der Waals surface area contributed by atoms with E-state index in [0.29, 0.717) is 22.7 Å². The number of aromatic nitrogens is 1. The molecule has 4 aromatic rings. The molecule has 1 N–H and O–H groups in total. The van der Waals surface area contributed by atoms with E-state index in [1.54, 1.807) is 32.5 Å². The van der Waals surface area contributed by atoms with Crippen LogP contribution >= 0.6 is 11.3 Å². The average Bonchev–Trinajstić information content (AvgIpc) is 3.36. The first-order valence-corrected chi connectivity index (χ1v) is 11.6. The predicted octanol–water partition coefficient (Wildman–Crippen LogP) is 5.81. The van der Waals surface area contributed by atoms with Gasteiger partial charge in [-0.1, -0.05) is 18.2 Å². The van der Waals surface area contributed by atoms with E-state index >= 15 is 0 Å². The van der Waals surface area contributed by atoms with Gasteiger partial charge < -0.3 is 19.5 Å². The van der Waals surface area contributed by atoms with Crippen LogP contribution < -0.4 is 14.8 Å².